The summed E-state index contributed by atoms with van der Waals surface area (Å²) in [6.07, 6.45) is 4.63. The van der Waals surface area contributed by atoms with Gasteiger partial charge in [0.1, 0.15) is 0 Å². The highest BCUT2D eigenvalue weighted by molar-refractivity contribution is 8.14. The van der Waals surface area contributed by atoms with E-state index in [0.717, 1.165) is 35.5 Å². The third kappa shape index (κ3) is 7.14. The van der Waals surface area contributed by atoms with Gasteiger partial charge in [-0.15, -0.1) is 0 Å². The Balaban J connectivity index is 1.56. The normalized spacial score (nSPS) is 10.6. The van der Waals surface area contributed by atoms with Gasteiger partial charge in [0.15, 0.2) is 10.2 Å². The molecule has 0 unspecified atom stereocenters. The molecule has 0 heterocycles. The molecule has 0 aliphatic heterocycles. The number of thioether (sulfide) groups is 2. The smallest absolute Gasteiger partial charge is 0.193 e. The van der Waals surface area contributed by atoms with Crippen LogP contribution in [0.15, 0.2) is 58.3 Å². The van der Waals surface area contributed by atoms with Gasteiger partial charge in [0.2, 0.25) is 0 Å². The molecule has 0 atom stereocenters. The maximum absolute atomic E-state index is 12.0. The first-order valence-electron chi connectivity index (χ1n) is 8.66. The largest absolute Gasteiger partial charge is 0.398 e. The summed E-state index contributed by atoms with van der Waals surface area (Å²) in [6.45, 7) is 0. The molecule has 0 saturated heterocycles. The monoisotopic (exact) mass is 388 g/mol. The molecule has 138 valence electrons. The second-order valence-electron chi connectivity index (χ2n) is 5.94. The van der Waals surface area contributed by atoms with E-state index >= 15 is 0 Å². The molecule has 2 aromatic carbocycles. The molecular formula is C20H24N2O2S2. The number of hydrogen-bond acceptors (Lipinski definition) is 6. The molecule has 0 bridgehead atoms. The van der Waals surface area contributed by atoms with Crippen LogP contribution in [0.5, 0.6) is 0 Å². The van der Waals surface area contributed by atoms with Crippen molar-refractivity contribution < 1.29 is 9.59 Å². The Hall–Kier alpha value is -1.92. The fourth-order valence-electron chi connectivity index (χ4n) is 2.39. The summed E-state index contributed by atoms with van der Waals surface area (Å²) < 4.78 is 0. The molecule has 4 N–H and O–H groups in total. The lowest BCUT2D eigenvalue weighted by molar-refractivity contribution is -0.112. The van der Waals surface area contributed by atoms with E-state index in [-0.39, 0.29) is 10.2 Å². The Morgan fingerprint density at radius 3 is 1.42 bits per heavy atom. The second-order valence-corrected chi connectivity index (χ2v) is 8.14. The van der Waals surface area contributed by atoms with Crippen LogP contribution < -0.4 is 11.5 Å². The third-order valence-corrected chi connectivity index (χ3v) is 5.84. The number of hydrogen-bond donors (Lipinski definition) is 2. The number of carbonyl (C=O) groups excluding carboxylic acids is 2. The second kappa shape index (κ2) is 10.9. The van der Waals surface area contributed by atoms with E-state index in [4.69, 9.17) is 11.5 Å². The van der Waals surface area contributed by atoms with Crippen LogP contribution in [0.2, 0.25) is 0 Å². The molecule has 0 saturated carbocycles. The lowest BCUT2D eigenvalue weighted by Gasteiger charge is -2.05. The van der Waals surface area contributed by atoms with E-state index in [1.165, 1.54) is 23.5 Å². The van der Waals surface area contributed by atoms with Crippen molar-refractivity contribution >= 4 is 45.1 Å². The van der Waals surface area contributed by atoms with E-state index in [9.17, 15) is 9.59 Å². The zero-order chi connectivity index (χ0) is 18.8. The summed E-state index contributed by atoms with van der Waals surface area (Å²) in [5.74, 6) is 0. The van der Waals surface area contributed by atoms with E-state index in [1.54, 1.807) is 12.1 Å². The van der Waals surface area contributed by atoms with Crippen LogP contribution in [0.25, 0.3) is 0 Å². The predicted octanol–water partition coefficient (Wildman–Crippen LogP) is 5.13. The maximum atomic E-state index is 12.0. The Morgan fingerprint density at radius 2 is 1.04 bits per heavy atom. The summed E-state index contributed by atoms with van der Waals surface area (Å²) in [4.78, 5) is 25.6. The van der Waals surface area contributed by atoms with Gasteiger partial charge < -0.3 is 11.5 Å². The average molecular weight is 389 g/mol. The topological polar surface area (TPSA) is 86.2 Å². The van der Waals surface area contributed by atoms with Crippen LogP contribution >= 0.6 is 23.5 Å². The first-order chi connectivity index (χ1) is 12.6. The van der Waals surface area contributed by atoms with Gasteiger partial charge in [0.05, 0.1) is 0 Å². The molecule has 0 fully saturated rings. The van der Waals surface area contributed by atoms with Gasteiger partial charge in [-0.25, -0.2) is 0 Å². The van der Waals surface area contributed by atoms with Crippen molar-refractivity contribution in [3.8, 4) is 0 Å². The van der Waals surface area contributed by atoms with E-state index in [0.29, 0.717) is 24.2 Å². The van der Waals surface area contributed by atoms with Gasteiger partial charge in [-0.1, -0.05) is 37.1 Å². The zero-order valence-corrected chi connectivity index (χ0v) is 16.3. The Morgan fingerprint density at radius 1 is 0.654 bits per heavy atom. The number of nitrogen functional groups attached to an aromatic ring is 2. The first-order valence-corrected chi connectivity index (χ1v) is 10.3. The van der Waals surface area contributed by atoms with Gasteiger partial charge in [-0.05, 0) is 60.6 Å². The number of nitrogens with two attached hydrogens (primary N) is 2. The highest BCUT2D eigenvalue weighted by atomic mass is 32.2. The fraction of sp³-hybridized carbons (Fsp3) is 0.300. The van der Waals surface area contributed by atoms with Gasteiger partial charge >= 0.3 is 0 Å². The van der Waals surface area contributed by atoms with E-state index < -0.39 is 0 Å². The molecule has 2 aromatic rings. The number of anilines is 2. The van der Waals surface area contributed by atoms with Gasteiger partial charge in [-0.3, -0.25) is 9.59 Å². The minimum Gasteiger partial charge on any atom is -0.398 e. The molecule has 0 aliphatic carbocycles. The summed E-state index contributed by atoms with van der Waals surface area (Å²) in [6, 6.07) is 14.8. The molecule has 2 rings (SSSR count). The highest BCUT2D eigenvalue weighted by Crippen LogP contribution is 2.28. The number of para-hydroxylation sites is 2. The summed E-state index contributed by atoms with van der Waals surface area (Å²) >= 11 is 2.42. The predicted molar refractivity (Wildman–Crippen MR) is 111 cm³/mol. The SMILES string of the molecule is Nc1ccccc1SC(=O)CCCCCCC(=O)Sc1ccccc1N. The Bertz CT molecular complexity index is 687. The zero-order valence-electron chi connectivity index (χ0n) is 14.6. The minimum absolute atomic E-state index is 0.133. The summed E-state index contributed by atoms with van der Waals surface area (Å²) in [7, 11) is 0. The van der Waals surface area contributed by atoms with Gasteiger partial charge in [0.25, 0.3) is 0 Å². The lowest BCUT2D eigenvalue weighted by Crippen LogP contribution is -1.96. The molecule has 0 aliphatic rings. The van der Waals surface area contributed by atoms with Crippen LogP contribution in [0.4, 0.5) is 11.4 Å². The van der Waals surface area contributed by atoms with Crippen molar-refractivity contribution in [3.05, 3.63) is 48.5 Å². The number of unbranched alkanes of at least 4 members (excludes halogenated alkanes) is 3. The molecule has 6 heteroatoms. The highest BCUT2D eigenvalue weighted by Gasteiger charge is 2.09. The van der Waals surface area contributed by atoms with Crippen molar-refractivity contribution in [1.29, 1.82) is 0 Å². The Kier molecular flexibility index (Phi) is 8.58. The van der Waals surface area contributed by atoms with Crippen molar-refractivity contribution in [1.82, 2.24) is 0 Å². The van der Waals surface area contributed by atoms with Crippen LogP contribution in [0.3, 0.4) is 0 Å². The molecule has 0 spiro atoms. The van der Waals surface area contributed by atoms with E-state index in [1.807, 2.05) is 36.4 Å². The quantitative estimate of drug-likeness (QED) is 0.352. The number of carbonyl (C=O) groups is 2. The third-order valence-electron chi connectivity index (χ3n) is 3.80. The maximum Gasteiger partial charge on any atom is 0.193 e. The fourth-order valence-corrected chi connectivity index (χ4v) is 4.03. The molecule has 4 nitrogen and oxygen atoms in total. The van der Waals surface area contributed by atoms with Crippen molar-refractivity contribution in [2.24, 2.45) is 0 Å². The number of rotatable bonds is 9. The van der Waals surface area contributed by atoms with Crippen LogP contribution in [-0.2, 0) is 9.59 Å². The van der Waals surface area contributed by atoms with Crippen molar-refractivity contribution in [3.63, 3.8) is 0 Å². The summed E-state index contributed by atoms with van der Waals surface area (Å²) in [5.41, 5.74) is 13.0. The van der Waals surface area contributed by atoms with Crippen LogP contribution in [-0.4, -0.2) is 10.2 Å². The molecule has 26 heavy (non-hydrogen) atoms. The molecule has 0 radical (unpaired) electrons. The van der Waals surface area contributed by atoms with Gasteiger partial charge in [0, 0.05) is 34.0 Å². The van der Waals surface area contributed by atoms with Crippen LogP contribution in [0, 0.1) is 0 Å². The van der Waals surface area contributed by atoms with Crippen molar-refractivity contribution in [2.45, 2.75) is 48.3 Å². The Labute approximate surface area is 163 Å². The van der Waals surface area contributed by atoms with E-state index in [2.05, 4.69) is 0 Å². The standard InChI is InChI=1S/C20H24N2O2S2/c21-15-9-5-7-11-17(15)25-19(23)13-3-1-2-4-14-20(24)26-18-12-8-6-10-16(18)22/h5-12H,1-4,13-14,21-22H2. The van der Waals surface area contributed by atoms with Crippen molar-refractivity contribution in [2.75, 3.05) is 11.5 Å². The van der Waals surface area contributed by atoms with Gasteiger partial charge in [-0.2, -0.15) is 0 Å². The molecular weight excluding hydrogens is 364 g/mol. The minimum atomic E-state index is 0.133. The lowest BCUT2D eigenvalue weighted by atomic mass is 10.1. The summed E-state index contributed by atoms with van der Waals surface area (Å²) in [5, 5.41) is 0.267. The van der Waals surface area contributed by atoms with Crippen LogP contribution in [0.1, 0.15) is 38.5 Å². The average Bonchev–Trinajstić information content (AvgIpc) is 2.62. The molecule has 0 aromatic heterocycles. The molecule has 0 amide bonds. The number of benzene rings is 2. The first kappa shape index (κ1) is 20.4.